The second-order valence-electron chi connectivity index (χ2n) is 6.74. The summed E-state index contributed by atoms with van der Waals surface area (Å²) in [5.74, 6) is 1.34. The molecule has 3 heteroatoms. The summed E-state index contributed by atoms with van der Waals surface area (Å²) in [4.78, 5) is 17.6. The van der Waals surface area contributed by atoms with Crippen molar-refractivity contribution in [1.29, 1.82) is 0 Å². The van der Waals surface area contributed by atoms with Gasteiger partial charge in [-0.05, 0) is 30.4 Å². The largest absolute Gasteiger partial charge is 0.274 e. The lowest BCUT2D eigenvalue weighted by atomic mass is 9.63. The van der Waals surface area contributed by atoms with Crippen molar-refractivity contribution in [3.8, 4) is 0 Å². The Bertz CT molecular complexity index is 713. The number of nitrogens with zero attached hydrogens (tertiary/aromatic N) is 2. The van der Waals surface area contributed by atoms with Crippen LogP contribution in [0.1, 0.15) is 44.2 Å². The van der Waals surface area contributed by atoms with Gasteiger partial charge < -0.3 is 0 Å². The molecule has 0 spiro atoms. The smallest absolute Gasteiger partial charge is 0.236 e. The molecule has 1 fully saturated rings. The van der Waals surface area contributed by atoms with Gasteiger partial charge in [0.05, 0.1) is 11.0 Å². The minimum absolute atomic E-state index is 0.00145. The molecule has 0 saturated heterocycles. The third kappa shape index (κ3) is 1.06. The Kier molecular flexibility index (Phi) is 1.82. The highest BCUT2D eigenvalue weighted by atomic mass is 16.2. The summed E-state index contributed by atoms with van der Waals surface area (Å²) >= 11 is 0. The zero-order valence-corrected chi connectivity index (χ0v) is 11.6. The predicted octanol–water partition coefficient (Wildman–Crippen LogP) is 3.38. The van der Waals surface area contributed by atoms with E-state index >= 15 is 0 Å². The number of carbonyl (C=O) groups excluding carboxylic acids is 1. The molecule has 1 aromatic carbocycles. The molecule has 1 aromatic heterocycles. The van der Waals surface area contributed by atoms with Crippen LogP contribution in [-0.4, -0.2) is 15.5 Å². The quantitative estimate of drug-likeness (QED) is 0.722. The van der Waals surface area contributed by atoms with Crippen molar-refractivity contribution in [2.45, 2.75) is 39.0 Å². The number of rotatable bonds is 0. The van der Waals surface area contributed by atoms with E-state index in [1.165, 1.54) is 0 Å². The third-order valence-electron chi connectivity index (χ3n) is 5.80. The van der Waals surface area contributed by atoms with E-state index in [1.54, 1.807) is 0 Å². The average Bonchev–Trinajstić information content (AvgIpc) is 2.83. The van der Waals surface area contributed by atoms with E-state index < -0.39 is 0 Å². The summed E-state index contributed by atoms with van der Waals surface area (Å²) in [7, 11) is 0. The zero-order chi connectivity index (χ0) is 13.4. The topological polar surface area (TPSA) is 34.9 Å². The maximum absolute atomic E-state index is 12.8. The maximum Gasteiger partial charge on any atom is 0.236 e. The monoisotopic (exact) mass is 254 g/mol. The number of aromatic nitrogens is 2. The average molecular weight is 254 g/mol. The van der Waals surface area contributed by atoms with Crippen LogP contribution in [0.25, 0.3) is 11.0 Å². The lowest BCUT2D eigenvalue weighted by Crippen LogP contribution is -2.48. The molecule has 2 aliphatic rings. The first-order valence-electron chi connectivity index (χ1n) is 6.99. The number of benzene rings is 1. The van der Waals surface area contributed by atoms with Crippen LogP contribution >= 0.6 is 0 Å². The van der Waals surface area contributed by atoms with Crippen molar-refractivity contribution in [1.82, 2.24) is 9.55 Å². The first-order chi connectivity index (χ1) is 8.97. The summed E-state index contributed by atoms with van der Waals surface area (Å²) in [6, 6.07) is 7.97. The van der Waals surface area contributed by atoms with E-state index in [0.29, 0.717) is 0 Å². The van der Waals surface area contributed by atoms with Crippen LogP contribution in [0.4, 0.5) is 0 Å². The fourth-order valence-electron chi connectivity index (χ4n) is 4.11. The van der Waals surface area contributed by atoms with Crippen LogP contribution in [0, 0.1) is 11.3 Å². The summed E-state index contributed by atoms with van der Waals surface area (Å²) in [6.45, 7) is 6.73. The highest BCUT2D eigenvalue weighted by Gasteiger charge is 2.61. The van der Waals surface area contributed by atoms with Crippen molar-refractivity contribution < 1.29 is 4.79 Å². The van der Waals surface area contributed by atoms with Gasteiger partial charge in [-0.3, -0.25) is 9.36 Å². The van der Waals surface area contributed by atoms with Crippen LogP contribution < -0.4 is 0 Å². The van der Waals surface area contributed by atoms with Gasteiger partial charge in [-0.25, -0.2) is 4.98 Å². The fourth-order valence-corrected chi connectivity index (χ4v) is 4.11. The molecule has 0 amide bonds. The molecular weight excluding hydrogens is 236 g/mol. The van der Waals surface area contributed by atoms with Crippen molar-refractivity contribution >= 4 is 16.9 Å². The van der Waals surface area contributed by atoms with Crippen LogP contribution in [-0.2, 0) is 5.41 Å². The first kappa shape index (κ1) is 11.2. The predicted molar refractivity (Wildman–Crippen MR) is 74.2 cm³/mol. The van der Waals surface area contributed by atoms with Crippen molar-refractivity contribution in [3.63, 3.8) is 0 Å². The first-order valence-corrected chi connectivity index (χ1v) is 6.99. The lowest BCUT2D eigenvalue weighted by Gasteiger charge is -2.44. The molecular formula is C16H18N2O. The number of imidazole rings is 1. The van der Waals surface area contributed by atoms with Crippen LogP contribution in [0.15, 0.2) is 24.3 Å². The molecule has 2 heterocycles. The molecule has 2 aromatic rings. The summed E-state index contributed by atoms with van der Waals surface area (Å²) in [5.41, 5.74) is 1.91. The van der Waals surface area contributed by atoms with Gasteiger partial charge >= 0.3 is 0 Å². The van der Waals surface area contributed by atoms with Crippen LogP contribution in [0.5, 0.6) is 0 Å². The molecule has 4 rings (SSSR count). The van der Waals surface area contributed by atoms with E-state index in [2.05, 4.69) is 20.8 Å². The van der Waals surface area contributed by atoms with E-state index in [-0.39, 0.29) is 22.7 Å². The normalized spacial score (nSPS) is 31.7. The van der Waals surface area contributed by atoms with Gasteiger partial charge in [0.1, 0.15) is 5.82 Å². The number of para-hydroxylation sites is 2. The molecule has 0 unspecified atom stereocenters. The Hall–Kier alpha value is -1.64. The van der Waals surface area contributed by atoms with E-state index in [4.69, 9.17) is 4.98 Å². The Morgan fingerprint density at radius 1 is 1.26 bits per heavy atom. The molecule has 98 valence electrons. The molecule has 1 aliphatic heterocycles. The lowest BCUT2D eigenvalue weighted by molar-refractivity contribution is 0.0577. The molecule has 0 N–H and O–H groups in total. The van der Waals surface area contributed by atoms with Crippen molar-refractivity contribution in [2.24, 2.45) is 11.3 Å². The SMILES string of the molecule is CC1(C)[C@@H]2CC[C@@]1(C)c1nc3ccccc3n1C2=O. The molecule has 2 bridgehead atoms. The second kappa shape index (κ2) is 3.09. The van der Waals surface area contributed by atoms with Crippen molar-refractivity contribution in [3.05, 3.63) is 30.1 Å². The third-order valence-corrected chi connectivity index (χ3v) is 5.80. The van der Waals surface area contributed by atoms with Gasteiger partial charge in [-0.2, -0.15) is 0 Å². The molecule has 1 saturated carbocycles. The van der Waals surface area contributed by atoms with Gasteiger partial charge in [0.25, 0.3) is 0 Å². The minimum Gasteiger partial charge on any atom is -0.274 e. The van der Waals surface area contributed by atoms with Crippen LogP contribution in [0.3, 0.4) is 0 Å². The fraction of sp³-hybridized carbons (Fsp3) is 0.500. The molecule has 0 radical (unpaired) electrons. The van der Waals surface area contributed by atoms with Gasteiger partial charge in [0, 0.05) is 11.3 Å². The Morgan fingerprint density at radius 3 is 2.79 bits per heavy atom. The number of fused-ring (bicyclic) bond motifs is 6. The highest BCUT2D eigenvalue weighted by Crippen LogP contribution is 2.60. The van der Waals surface area contributed by atoms with E-state index in [9.17, 15) is 4.79 Å². The maximum atomic E-state index is 12.8. The number of hydrogen-bond donors (Lipinski definition) is 0. The standard InChI is InChI=1S/C16H18N2O/c1-15(2)10-8-9-16(15,3)14-17-11-6-4-5-7-12(11)18(14)13(10)19/h4-7,10H,8-9H2,1-3H3/t10-,16+/m1/s1. The van der Waals surface area contributed by atoms with Gasteiger partial charge in [0.15, 0.2) is 0 Å². The van der Waals surface area contributed by atoms with Crippen LogP contribution in [0.2, 0.25) is 0 Å². The summed E-state index contributed by atoms with van der Waals surface area (Å²) < 4.78 is 1.89. The van der Waals surface area contributed by atoms with Gasteiger partial charge in [0.2, 0.25) is 5.91 Å². The zero-order valence-electron chi connectivity index (χ0n) is 11.6. The number of carbonyl (C=O) groups is 1. The molecule has 2 atom stereocenters. The van der Waals surface area contributed by atoms with E-state index in [0.717, 1.165) is 29.7 Å². The molecule has 3 nitrogen and oxygen atoms in total. The summed E-state index contributed by atoms with van der Waals surface area (Å²) in [5, 5.41) is 0. The second-order valence-corrected chi connectivity index (χ2v) is 6.74. The summed E-state index contributed by atoms with van der Waals surface area (Å²) in [6.07, 6.45) is 2.04. The minimum atomic E-state index is 0.00145. The number of hydrogen-bond acceptors (Lipinski definition) is 2. The van der Waals surface area contributed by atoms with E-state index in [1.807, 2.05) is 28.8 Å². The Balaban J connectivity index is 2.14. The van der Waals surface area contributed by atoms with Gasteiger partial charge in [-0.1, -0.05) is 32.9 Å². The molecule has 19 heavy (non-hydrogen) atoms. The van der Waals surface area contributed by atoms with Gasteiger partial charge in [-0.15, -0.1) is 0 Å². The Morgan fingerprint density at radius 2 is 2.00 bits per heavy atom. The van der Waals surface area contributed by atoms with Crippen molar-refractivity contribution in [2.75, 3.05) is 0 Å². The Labute approximate surface area is 112 Å². The molecule has 1 aliphatic carbocycles. The highest BCUT2D eigenvalue weighted by molar-refractivity contribution is 5.95.